The van der Waals surface area contributed by atoms with E-state index in [9.17, 15) is 4.39 Å². The normalized spacial score (nSPS) is 9.71. The predicted octanol–water partition coefficient (Wildman–Crippen LogP) is 2.67. The van der Waals surface area contributed by atoms with Crippen molar-refractivity contribution in [3.8, 4) is 0 Å². The number of halogens is 1. The second kappa shape index (κ2) is 6.02. The highest BCUT2D eigenvalue weighted by atomic mass is 19.1. The molecule has 1 rings (SSSR count). The molecule has 4 N–H and O–H groups in total. The molecule has 1 aromatic rings. The fourth-order valence-electron chi connectivity index (χ4n) is 0.984. The Hall–Kier alpha value is -1.51. The Morgan fingerprint density at radius 2 is 1.86 bits per heavy atom. The summed E-state index contributed by atoms with van der Waals surface area (Å²) in [6.07, 6.45) is 2.73. The second-order valence-corrected chi connectivity index (χ2v) is 2.55. The van der Waals surface area contributed by atoms with E-state index in [1.54, 1.807) is 6.07 Å². The van der Waals surface area contributed by atoms with Gasteiger partial charge < -0.3 is 11.5 Å². The van der Waals surface area contributed by atoms with Crippen molar-refractivity contribution in [2.45, 2.75) is 20.8 Å². The number of aryl methyl sites for hydroxylation is 1. The van der Waals surface area contributed by atoms with Gasteiger partial charge in [0.1, 0.15) is 5.82 Å². The number of hydrogen-bond acceptors (Lipinski definition) is 2. The van der Waals surface area contributed by atoms with Crippen LogP contribution in [0.25, 0.3) is 6.08 Å². The van der Waals surface area contributed by atoms with Gasteiger partial charge in [0.15, 0.2) is 0 Å². The van der Waals surface area contributed by atoms with Gasteiger partial charge in [0, 0.05) is 11.3 Å². The van der Waals surface area contributed by atoms with Crippen molar-refractivity contribution in [1.29, 1.82) is 0 Å². The predicted molar refractivity (Wildman–Crippen MR) is 60.1 cm³/mol. The Bertz CT molecular complexity index is 319. The zero-order valence-electron chi connectivity index (χ0n) is 8.84. The summed E-state index contributed by atoms with van der Waals surface area (Å²) in [4.78, 5) is 0. The molecule has 3 heteroatoms. The number of anilines is 1. The fourth-order valence-corrected chi connectivity index (χ4v) is 0.984. The first kappa shape index (κ1) is 12.5. The first-order valence-corrected chi connectivity index (χ1v) is 4.59. The Balaban J connectivity index is 0.000000791. The van der Waals surface area contributed by atoms with E-state index in [0.29, 0.717) is 11.3 Å². The van der Waals surface area contributed by atoms with E-state index in [1.165, 1.54) is 18.3 Å². The topological polar surface area (TPSA) is 52.0 Å². The minimum atomic E-state index is -0.347. The van der Waals surface area contributed by atoms with Gasteiger partial charge in [0.25, 0.3) is 0 Å². The molecule has 0 atom stereocenters. The van der Waals surface area contributed by atoms with E-state index >= 15 is 0 Å². The molecule has 0 saturated heterocycles. The van der Waals surface area contributed by atoms with Crippen LogP contribution in [0.3, 0.4) is 0 Å². The molecule has 0 unspecified atom stereocenters. The molecule has 0 fully saturated rings. The molecule has 0 bridgehead atoms. The highest BCUT2D eigenvalue weighted by molar-refractivity contribution is 5.67. The van der Waals surface area contributed by atoms with E-state index in [0.717, 1.165) is 5.56 Å². The van der Waals surface area contributed by atoms with Crippen molar-refractivity contribution in [3.63, 3.8) is 0 Å². The van der Waals surface area contributed by atoms with E-state index < -0.39 is 0 Å². The first-order chi connectivity index (χ1) is 6.66. The smallest absolute Gasteiger partial charge is 0.132 e. The molecule has 0 aliphatic rings. The molecule has 0 aromatic heterocycles. The van der Waals surface area contributed by atoms with Crippen molar-refractivity contribution < 1.29 is 4.39 Å². The lowest BCUT2D eigenvalue weighted by atomic mass is 10.1. The quantitative estimate of drug-likeness (QED) is 0.678. The van der Waals surface area contributed by atoms with Crippen LogP contribution in [0.2, 0.25) is 0 Å². The zero-order valence-corrected chi connectivity index (χ0v) is 8.84. The Labute approximate surface area is 84.4 Å². The van der Waals surface area contributed by atoms with Crippen molar-refractivity contribution in [3.05, 3.63) is 35.3 Å². The lowest BCUT2D eigenvalue weighted by Crippen LogP contribution is -1.96. The van der Waals surface area contributed by atoms with E-state index in [2.05, 4.69) is 0 Å². The van der Waals surface area contributed by atoms with Crippen molar-refractivity contribution in [2.24, 2.45) is 5.73 Å². The van der Waals surface area contributed by atoms with Crippen LogP contribution in [-0.2, 0) is 0 Å². The average molecular weight is 196 g/mol. The molecule has 1 aromatic carbocycles. The number of nitrogen functional groups attached to an aromatic ring is 1. The third-order valence-corrected chi connectivity index (χ3v) is 1.71. The summed E-state index contributed by atoms with van der Waals surface area (Å²) in [6, 6.07) is 3.01. The molecule has 0 heterocycles. The van der Waals surface area contributed by atoms with Crippen LogP contribution < -0.4 is 11.5 Å². The Morgan fingerprint density at radius 3 is 2.36 bits per heavy atom. The van der Waals surface area contributed by atoms with E-state index in [1.807, 2.05) is 20.8 Å². The molecule has 78 valence electrons. The van der Waals surface area contributed by atoms with Gasteiger partial charge in [-0.2, -0.15) is 0 Å². The molecule has 0 aliphatic carbocycles. The van der Waals surface area contributed by atoms with Gasteiger partial charge >= 0.3 is 0 Å². The summed E-state index contributed by atoms with van der Waals surface area (Å²) in [5.74, 6) is -0.347. The molecule has 0 radical (unpaired) electrons. The summed E-state index contributed by atoms with van der Waals surface area (Å²) < 4.78 is 13.0. The van der Waals surface area contributed by atoms with E-state index in [-0.39, 0.29) is 5.82 Å². The molecule has 0 saturated carbocycles. The molecule has 0 aliphatic heterocycles. The fraction of sp³-hybridized carbons (Fsp3) is 0.273. The maximum Gasteiger partial charge on any atom is 0.132 e. The maximum atomic E-state index is 13.0. The van der Waals surface area contributed by atoms with Crippen molar-refractivity contribution >= 4 is 11.8 Å². The van der Waals surface area contributed by atoms with Crippen molar-refractivity contribution in [1.82, 2.24) is 0 Å². The first-order valence-electron chi connectivity index (χ1n) is 4.59. The van der Waals surface area contributed by atoms with E-state index in [4.69, 9.17) is 11.5 Å². The molecule has 0 amide bonds. The van der Waals surface area contributed by atoms with Crippen LogP contribution in [0, 0.1) is 12.7 Å². The molecule has 14 heavy (non-hydrogen) atoms. The second-order valence-electron chi connectivity index (χ2n) is 2.55. The van der Waals surface area contributed by atoms with Crippen LogP contribution >= 0.6 is 0 Å². The van der Waals surface area contributed by atoms with Gasteiger partial charge in [0.2, 0.25) is 0 Å². The Morgan fingerprint density at radius 1 is 1.29 bits per heavy atom. The summed E-state index contributed by atoms with van der Waals surface area (Å²) in [5.41, 5.74) is 12.4. The minimum absolute atomic E-state index is 0.347. The number of hydrogen-bond donors (Lipinski definition) is 2. The van der Waals surface area contributed by atoms with Crippen LogP contribution in [0.5, 0.6) is 0 Å². The molecular formula is C11H17FN2. The minimum Gasteiger partial charge on any atom is -0.405 e. The largest absolute Gasteiger partial charge is 0.405 e. The lowest BCUT2D eigenvalue weighted by Gasteiger charge is -2.04. The summed E-state index contributed by atoms with van der Waals surface area (Å²) in [6.45, 7) is 5.82. The van der Waals surface area contributed by atoms with Crippen LogP contribution in [0.4, 0.5) is 10.1 Å². The highest BCUT2D eigenvalue weighted by Gasteiger charge is 2.04. The standard InChI is InChI=1S/C9H11FN2.C2H6/c1-6-2-3-8(10)7(4-5-11)9(6)12;1-2/h2-5H,11-12H2,1H3;1-2H3/b5-4-;. The molecule has 0 spiro atoms. The van der Waals surface area contributed by atoms with Gasteiger partial charge in [-0.15, -0.1) is 0 Å². The average Bonchev–Trinajstić information content (AvgIpc) is 2.22. The monoisotopic (exact) mass is 196 g/mol. The summed E-state index contributed by atoms with van der Waals surface area (Å²) >= 11 is 0. The number of nitrogens with two attached hydrogens (primary N) is 2. The maximum absolute atomic E-state index is 13.0. The van der Waals surface area contributed by atoms with Gasteiger partial charge in [-0.1, -0.05) is 19.9 Å². The van der Waals surface area contributed by atoms with Gasteiger partial charge in [-0.3, -0.25) is 0 Å². The summed E-state index contributed by atoms with van der Waals surface area (Å²) in [5, 5.41) is 0. The summed E-state index contributed by atoms with van der Waals surface area (Å²) in [7, 11) is 0. The number of benzene rings is 1. The van der Waals surface area contributed by atoms with Gasteiger partial charge in [-0.05, 0) is 30.8 Å². The number of rotatable bonds is 1. The van der Waals surface area contributed by atoms with Crippen LogP contribution in [0.1, 0.15) is 25.0 Å². The Kier molecular flexibility index (Phi) is 5.37. The van der Waals surface area contributed by atoms with Gasteiger partial charge in [-0.25, -0.2) is 4.39 Å². The van der Waals surface area contributed by atoms with Crippen LogP contribution in [-0.4, -0.2) is 0 Å². The van der Waals surface area contributed by atoms with Crippen LogP contribution in [0.15, 0.2) is 18.3 Å². The lowest BCUT2D eigenvalue weighted by molar-refractivity contribution is 0.625. The third kappa shape index (κ3) is 2.76. The molecular weight excluding hydrogens is 179 g/mol. The zero-order chi connectivity index (χ0) is 11.1. The SMILES string of the molecule is CC.Cc1ccc(F)c(/C=C\N)c1N. The highest BCUT2D eigenvalue weighted by Crippen LogP contribution is 2.20. The van der Waals surface area contributed by atoms with Gasteiger partial charge in [0.05, 0.1) is 0 Å². The van der Waals surface area contributed by atoms with Crippen molar-refractivity contribution in [2.75, 3.05) is 5.73 Å². The molecule has 2 nitrogen and oxygen atoms in total. The third-order valence-electron chi connectivity index (χ3n) is 1.71.